The first kappa shape index (κ1) is 27.9. The zero-order valence-corrected chi connectivity index (χ0v) is 25.0. The van der Waals surface area contributed by atoms with Crippen molar-refractivity contribution in [3.63, 3.8) is 0 Å². The quantitative estimate of drug-likeness (QED) is 0.183. The van der Waals surface area contributed by atoms with Crippen molar-refractivity contribution < 1.29 is 34.3 Å². The summed E-state index contributed by atoms with van der Waals surface area (Å²) in [5.74, 6) is -2.52. The molecule has 11 nitrogen and oxygen atoms in total. The van der Waals surface area contributed by atoms with E-state index in [-0.39, 0.29) is 102 Å². The zero-order valence-electron chi connectivity index (χ0n) is 17.9. The van der Waals surface area contributed by atoms with Gasteiger partial charge in [0.05, 0.1) is 26.5 Å². The number of nitro groups is 2. The standard InChI is InChI=1S/C20H8Br2N2O9.2Na/c21-13-15(25)11(23(28)29)5-9-17(13)32-18-10(6-12(24(30)31)16(26)14(18)22)20(9)8-4-2-1-3-7(8)19(27)33-20;;/h1-6,25-26H;;. The fourth-order valence-electron chi connectivity index (χ4n) is 4.08. The molecule has 0 fully saturated rings. The van der Waals surface area contributed by atoms with Crippen LogP contribution in [0.4, 0.5) is 11.4 Å². The number of nitrogens with zero attached hydrogens (tertiary/aromatic N) is 2. The molecule has 3 aromatic carbocycles. The summed E-state index contributed by atoms with van der Waals surface area (Å²) in [6, 6.07) is 8.18. The first-order chi connectivity index (χ1) is 15.6. The maximum Gasteiger partial charge on any atom is 0.340 e. The Balaban J connectivity index is 0.00000171. The molecular formula is C20H8Br2N2Na2O9. The molecule has 0 saturated heterocycles. The molecular weight excluding hydrogens is 618 g/mol. The number of fused-ring (bicyclic) bond motifs is 6. The van der Waals surface area contributed by atoms with Gasteiger partial charge in [-0.1, -0.05) is 18.2 Å². The van der Waals surface area contributed by atoms with Gasteiger partial charge in [0.25, 0.3) is 0 Å². The topological polar surface area (TPSA) is 162 Å². The Morgan fingerprint density at radius 2 is 1.29 bits per heavy atom. The van der Waals surface area contributed by atoms with E-state index in [1.54, 1.807) is 12.1 Å². The van der Waals surface area contributed by atoms with Crippen LogP contribution in [0.5, 0.6) is 23.0 Å². The van der Waals surface area contributed by atoms with Crippen LogP contribution in [0, 0.1) is 20.2 Å². The number of nitro benzene ring substituents is 2. The molecule has 2 aliphatic rings. The maximum atomic E-state index is 12.8. The van der Waals surface area contributed by atoms with E-state index in [2.05, 4.69) is 31.9 Å². The number of hydrogen-bond acceptors (Lipinski definition) is 9. The molecule has 2 radical (unpaired) electrons. The Kier molecular flexibility index (Phi) is 7.67. The van der Waals surface area contributed by atoms with Crippen molar-refractivity contribution in [2.24, 2.45) is 0 Å². The Bertz CT molecular complexity index is 1390. The molecule has 2 N–H and O–H groups in total. The average Bonchev–Trinajstić information content (AvgIpc) is 3.07. The third kappa shape index (κ3) is 3.80. The Hall–Kier alpha value is -1.71. The van der Waals surface area contributed by atoms with Gasteiger partial charge >= 0.3 is 17.3 Å². The molecule has 0 amide bonds. The van der Waals surface area contributed by atoms with Gasteiger partial charge in [0, 0.05) is 76.8 Å². The second-order valence-electron chi connectivity index (χ2n) is 7.10. The maximum absolute atomic E-state index is 12.8. The fourth-order valence-corrected chi connectivity index (χ4v) is 5.08. The second kappa shape index (κ2) is 9.63. The van der Waals surface area contributed by atoms with E-state index in [1.165, 1.54) is 12.1 Å². The Morgan fingerprint density at radius 3 is 1.74 bits per heavy atom. The molecule has 0 aromatic heterocycles. The summed E-state index contributed by atoms with van der Waals surface area (Å²) in [6.07, 6.45) is 0. The van der Waals surface area contributed by atoms with Gasteiger partial charge in [0.2, 0.25) is 11.5 Å². The van der Waals surface area contributed by atoms with Gasteiger partial charge in [-0.2, -0.15) is 0 Å². The van der Waals surface area contributed by atoms with Crippen molar-refractivity contribution in [3.05, 3.63) is 87.8 Å². The number of halogens is 2. The molecule has 168 valence electrons. The molecule has 1 spiro atoms. The van der Waals surface area contributed by atoms with Gasteiger partial charge in [-0.25, -0.2) is 4.79 Å². The molecule has 2 aliphatic heterocycles. The SMILES string of the molecule is O=C1OC2(c3ccccc31)c1cc([N+](=O)[O-])c(O)c(Br)c1Oc1c2cc([N+](=O)[O-])c(O)c1Br.[Na].[Na]. The van der Waals surface area contributed by atoms with Crippen molar-refractivity contribution >= 4 is 108 Å². The van der Waals surface area contributed by atoms with Crippen LogP contribution in [0.3, 0.4) is 0 Å². The monoisotopic (exact) mass is 624 g/mol. The number of carbonyl (C=O) groups excluding carboxylic acids is 1. The van der Waals surface area contributed by atoms with Crippen molar-refractivity contribution in [1.82, 2.24) is 0 Å². The van der Waals surface area contributed by atoms with Crippen LogP contribution in [0.25, 0.3) is 0 Å². The van der Waals surface area contributed by atoms with Gasteiger partial charge in [-0.05, 0) is 37.9 Å². The number of carbonyl (C=O) groups is 1. The van der Waals surface area contributed by atoms with E-state index in [0.717, 1.165) is 12.1 Å². The molecule has 35 heavy (non-hydrogen) atoms. The average molecular weight is 626 g/mol. The first-order valence-electron chi connectivity index (χ1n) is 9.01. The first-order valence-corrected chi connectivity index (χ1v) is 10.6. The van der Waals surface area contributed by atoms with E-state index in [1.807, 2.05) is 0 Å². The molecule has 0 aliphatic carbocycles. The zero-order chi connectivity index (χ0) is 23.8. The number of phenols is 2. The molecule has 0 bridgehead atoms. The minimum atomic E-state index is -1.90. The van der Waals surface area contributed by atoms with E-state index >= 15 is 0 Å². The van der Waals surface area contributed by atoms with Gasteiger partial charge in [-0.15, -0.1) is 0 Å². The summed E-state index contributed by atoms with van der Waals surface area (Å²) >= 11 is 6.19. The van der Waals surface area contributed by atoms with Crippen LogP contribution in [0.15, 0.2) is 45.3 Å². The number of aromatic hydroxyl groups is 2. The number of esters is 1. The molecule has 5 rings (SSSR count). The summed E-state index contributed by atoms with van der Waals surface area (Å²) in [7, 11) is 0. The minimum absolute atomic E-state index is 0. The predicted octanol–water partition coefficient (Wildman–Crippen LogP) is 4.25. The van der Waals surface area contributed by atoms with E-state index in [4.69, 9.17) is 9.47 Å². The van der Waals surface area contributed by atoms with Crippen molar-refractivity contribution in [3.8, 4) is 23.0 Å². The molecule has 0 unspecified atom stereocenters. The number of benzene rings is 3. The van der Waals surface area contributed by atoms with Gasteiger partial charge < -0.3 is 19.7 Å². The molecule has 15 heteroatoms. The van der Waals surface area contributed by atoms with Crippen LogP contribution in [0.2, 0.25) is 0 Å². The summed E-state index contributed by atoms with van der Waals surface area (Å²) in [6.45, 7) is 0. The van der Waals surface area contributed by atoms with Crippen LogP contribution in [-0.2, 0) is 10.3 Å². The molecule has 0 atom stereocenters. The Morgan fingerprint density at radius 1 is 0.829 bits per heavy atom. The Labute approximate surface area is 256 Å². The smallest absolute Gasteiger partial charge is 0.340 e. The summed E-state index contributed by atoms with van der Waals surface area (Å²) in [5, 5.41) is 43.9. The second-order valence-corrected chi connectivity index (χ2v) is 8.69. The predicted molar refractivity (Wildman–Crippen MR) is 128 cm³/mol. The van der Waals surface area contributed by atoms with E-state index < -0.39 is 44.3 Å². The summed E-state index contributed by atoms with van der Waals surface area (Å²) in [4.78, 5) is 34.4. The molecule has 2 heterocycles. The van der Waals surface area contributed by atoms with Crippen LogP contribution < -0.4 is 4.74 Å². The molecule has 3 aromatic rings. The fraction of sp³-hybridized carbons (Fsp3) is 0.0500. The summed E-state index contributed by atoms with van der Waals surface area (Å²) in [5.41, 5.74) is -3.03. The normalized spacial score (nSPS) is 13.8. The van der Waals surface area contributed by atoms with Gasteiger partial charge in [0.15, 0.2) is 17.1 Å². The van der Waals surface area contributed by atoms with Gasteiger partial charge in [0.1, 0.15) is 8.95 Å². The van der Waals surface area contributed by atoms with Crippen LogP contribution in [0.1, 0.15) is 27.0 Å². The van der Waals surface area contributed by atoms with Crippen molar-refractivity contribution in [1.29, 1.82) is 0 Å². The third-order valence-electron chi connectivity index (χ3n) is 5.48. The van der Waals surface area contributed by atoms with E-state index in [0.29, 0.717) is 0 Å². The van der Waals surface area contributed by atoms with Crippen molar-refractivity contribution in [2.75, 3.05) is 0 Å². The van der Waals surface area contributed by atoms with Gasteiger partial charge in [-0.3, -0.25) is 20.2 Å². The largest absolute Gasteiger partial charge is 0.501 e. The number of rotatable bonds is 2. The van der Waals surface area contributed by atoms with Crippen LogP contribution >= 0.6 is 31.9 Å². The van der Waals surface area contributed by atoms with Crippen molar-refractivity contribution in [2.45, 2.75) is 5.60 Å². The summed E-state index contributed by atoms with van der Waals surface area (Å²) < 4.78 is 11.2. The number of hydrogen-bond donors (Lipinski definition) is 2. The number of phenolic OH excluding ortho intramolecular Hbond substituents is 2. The molecule has 0 saturated carbocycles. The number of ether oxygens (including phenoxy) is 2. The van der Waals surface area contributed by atoms with E-state index in [9.17, 15) is 35.2 Å². The third-order valence-corrected chi connectivity index (χ3v) is 6.95. The minimum Gasteiger partial charge on any atom is -0.501 e. The van der Waals surface area contributed by atoms with Crippen LogP contribution in [-0.4, -0.2) is 85.1 Å².